The highest BCUT2D eigenvalue weighted by atomic mass is 32.1. The third-order valence-electron chi connectivity index (χ3n) is 14.8. The number of amides is 2. The van der Waals surface area contributed by atoms with Gasteiger partial charge in [-0.15, -0.1) is 34.0 Å². The Morgan fingerprint density at radius 2 is 0.830 bits per heavy atom. The number of fused-ring (bicyclic) bond motifs is 3. The summed E-state index contributed by atoms with van der Waals surface area (Å²) < 4.78 is 41.9. The number of hydrogen-bond donors (Lipinski definition) is 7. The van der Waals surface area contributed by atoms with Crippen LogP contribution in [0.5, 0.6) is 0 Å². The number of rotatable bonds is 15. The Morgan fingerprint density at radius 3 is 1.12 bits per heavy atom. The molecule has 9 aromatic rings. The maximum atomic E-state index is 13.5. The molecule has 0 aromatic carbocycles. The number of carboxylic acids is 1. The van der Waals surface area contributed by atoms with E-state index in [0.29, 0.717) is 103 Å². The molecule has 2 amide bonds. The van der Waals surface area contributed by atoms with Crippen molar-refractivity contribution >= 4 is 101 Å². The minimum atomic E-state index is -1.15. The molecule has 1 aliphatic carbocycles. The number of aliphatic hydroxyl groups excluding tert-OH is 3. The van der Waals surface area contributed by atoms with Gasteiger partial charge in [-0.05, 0) is 108 Å². The number of thiazole rings is 3. The number of pyridine rings is 3. The lowest BCUT2D eigenvalue weighted by Gasteiger charge is -2.18. The van der Waals surface area contributed by atoms with Crippen molar-refractivity contribution in [2.75, 3.05) is 62.0 Å². The minimum Gasteiger partial charge on any atom is -0.476 e. The zero-order valence-electron chi connectivity index (χ0n) is 49.0. The topological polar surface area (TPSA) is 329 Å². The Morgan fingerprint density at radius 1 is 0.500 bits per heavy atom. The zero-order valence-corrected chi connectivity index (χ0v) is 51.4. The van der Waals surface area contributed by atoms with Crippen LogP contribution >= 0.6 is 34.0 Å². The van der Waals surface area contributed by atoms with Crippen LogP contribution in [-0.4, -0.2) is 154 Å². The predicted molar refractivity (Wildman–Crippen MR) is 327 cm³/mol. The van der Waals surface area contributed by atoms with Gasteiger partial charge >= 0.3 is 5.97 Å². The van der Waals surface area contributed by atoms with Crippen LogP contribution in [-0.2, 0) is 0 Å². The molecule has 9 aromatic heterocycles. The third-order valence-corrected chi connectivity index (χ3v) is 17.7. The summed E-state index contributed by atoms with van der Waals surface area (Å²) in [7, 11) is 0. The minimum absolute atomic E-state index is 0.0641. The van der Waals surface area contributed by atoms with Crippen molar-refractivity contribution in [1.82, 2.24) is 69.6 Å². The van der Waals surface area contributed by atoms with Crippen LogP contribution in [0.2, 0.25) is 0 Å². The predicted octanol–water partition coefficient (Wildman–Crippen LogP) is 9.08. The van der Waals surface area contributed by atoms with Gasteiger partial charge in [-0.3, -0.25) is 24.5 Å². The van der Waals surface area contributed by atoms with Crippen molar-refractivity contribution in [2.24, 2.45) is 17.8 Å². The summed E-state index contributed by atoms with van der Waals surface area (Å²) in [6, 6.07) is 3.14. The van der Waals surface area contributed by atoms with Gasteiger partial charge in [0.15, 0.2) is 34.0 Å². The second-order valence-corrected chi connectivity index (χ2v) is 25.2. The number of likely N-dealkylation sites (tertiary alicyclic amines) is 2. The highest BCUT2D eigenvalue weighted by molar-refractivity contribution is 7.19. The van der Waals surface area contributed by atoms with Gasteiger partial charge in [0.1, 0.15) is 31.6 Å². The molecule has 30 heteroatoms. The van der Waals surface area contributed by atoms with E-state index in [-0.39, 0.29) is 78.5 Å². The van der Waals surface area contributed by atoms with Crippen LogP contribution in [0, 0.1) is 56.0 Å². The van der Waals surface area contributed by atoms with Crippen LogP contribution in [0.3, 0.4) is 0 Å². The number of aryl methyl sites for hydroxylation is 3. The van der Waals surface area contributed by atoms with E-state index in [1.165, 1.54) is 84.1 Å². The second kappa shape index (κ2) is 29.2. The summed E-state index contributed by atoms with van der Waals surface area (Å²) in [5.41, 5.74) is 3.60. The van der Waals surface area contributed by atoms with E-state index in [4.69, 9.17) is 5.11 Å². The highest BCUT2D eigenvalue weighted by Crippen LogP contribution is 2.32. The molecule has 2 saturated heterocycles. The summed E-state index contributed by atoms with van der Waals surface area (Å²) in [5.74, 6) is -1.37. The number of carbonyl (C=O) groups excluding carboxylic acids is 2. The summed E-state index contributed by atoms with van der Waals surface area (Å²) in [6.45, 7) is 13.7. The molecule has 0 spiro atoms. The molecule has 5 atom stereocenters. The molecule has 0 bridgehead atoms. The number of anilines is 3. The van der Waals surface area contributed by atoms with Gasteiger partial charge in [0.25, 0.3) is 11.8 Å². The quantitative estimate of drug-likeness (QED) is 0.0503. The third kappa shape index (κ3) is 16.1. The lowest BCUT2D eigenvalue weighted by atomic mass is 10.1. The van der Waals surface area contributed by atoms with E-state index in [2.05, 4.69) is 75.8 Å². The normalized spacial score (nSPS) is 16.7. The first-order valence-electron chi connectivity index (χ1n) is 28.5. The molecule has 2 aliphatic heterocycles. The van der Waals surface area contributed by atoms with E-state index >= 15 is 0 Å². The van der Waals surface area contributed by atoms with Gasteiger partial charge < -0.3 is 46.2 Å². The van der Waals surface area contributed by atoms with Gasteiger partial charge in [-0.1, -0.05) is 12.8 Å². The number of aromatic nitrogens is 12. The standard InChI is InChI=1S/2C19H21FN6O2S.C14H12FN5O2S.C6H12O/c2*1-10(13-5-14(20)7-21-6-13)22-19-24-15(16-17(25-19)23-11(2)29-16)18(28)26-4-3-12(8-26)9-27;1-6(8-3-9(15)5-16-4-8)17-14-19-10(13(21)22)11-12(20-14)18-7(2)23-11;7-5-6-3-1-2-4-6/h2*5-7,10,12,27H,3-4,8-9H2,1-2H3,(H,22,24,25);3-6H,1-2H3,(H,21,22)(H,17,19,20);6-7H,1-5H2/t2*10-,12-;6-;/m000./s1. The zero-order chi connectivity index (χ0) is 62.8. The van der Waals surface area contributed by atoms with Crippen molar-refractivity contribution in [2.45, 2.75) is 98.2 Å². The van der Waals surface area contributed by atoms with Crippen molar-refractivity contribution in [1.29, 1.82) is 0 Å². The molecule has 11 heterocycles. The Hall–Kier alpha value is -8.16. The molecule has 24 nitrogen and oxygen atoms in total. The lowest BCUT2D eigenvalue weighted by molar-refractivity contribution is 0.0691. The first-order valence-corrected chi connectivity index (χ1v) is 30.9. The van der Waals surface area contributed by atoms with Crippen LogP contribution < -0.4 is 16.0 Å². The molecule has 1 saturated carbocycles. The molecule has 464 valence electrons. The van der Waals surface area contributed by atoms with Gasteiger partial charge in [0.05, 0.1) is 51.7 Å². The number of carbonyl (C=O) groups is 3. The van der Waals surface area contributed by atoms with Crippen LogP contribution in [0.1, 0.15) is 141 Å². The van der Waals surface area contributed by atoms with Crippen LogP contribution in [0.4, 0.5) is 31.0 Å². The Balaban J connectivity index is 0.000000149. The van der Waals surface area contributed by atoms with E-state index in [1.807, 2.05) is 27.7 Å². The number of nitrogens with one attached hydrogen (secondary N) is 3. The molecule has 3 fully saturated rings. The molecule has 88 heavy (non-hydrogen) atoms. The Bertz CT molecular complexity index is 3760. The molecule has 12 rings (SSSR count). The number of aliphatic hydroxyl groups is 3. The number of carboxylic acid groups (broad SMARTS) is 1. The average Bonchev–Trinajstić information content (AvgIpc) is 2.18. The highest BCUT2D eigenvalue weighted by Gasteiger charge is 2.32. The number of hydrogen-bond acceptors (Lipinski definition) is 24. The molecule has 0 unspecified atom stereocenters. The fraction of sp³-hybridized carbons (Fsp3) is 0.431. The fourth-order valence-electron chi connectivity index (χ4n) is 10.1. The summed E-state index contributed by atoms with van der Waals surface area (Å²) in [5, 5.41) is 48.1. The molecule has 3 aliphatic rings. The van der Waals surface area contributed by atoms with Crippen molar-refractivity contribution in [3.05, 3.63) is 122 Å². The summed E-state index contributed by atoms with van der Waals surface area (Å²) >= 11 is 3.98. The first-order chi connectivity index (χ1) is 42.2. The molecule has 7 N–H and O–H groups in total. The molecular weight excluding hydrogens is 1200 g/mol. The summed E-state index contributed by atoms with van der Waals surface area (Å²) in [6.07, 6.45) is 14.8. The van der Waals surface area contributed by atoms with Crippen molar-refractivity contribution in [3.63, 3.8) is 0 Å². The maximum Gasteiger partial charge on any atom is 0.356 e. The van der Waals surface area contributed by atoms with Crippen molar-refractivity contribution in [3.8, 4) is 0 Å². The number of aromatic carboxylic acids is 1. The largest absolute Gasteiger partial charge is 0.476 e. The maximum absolute atomic E-state index is 13.5. The Kier molecular flexibility index (Phi) is 21.4. The molecular formula is C58H66F3N17O7S3. The lowest BCUT2D eigenvalue weighted by Crippen LogP contribution is -2.30. The first kappa shape index (κ1) is 64.3. The van der Waals surface area contributed by atoms with Gasteiger partial charge in [0, 0.05) is 76.4 Å². The van der Waals surface area contributed by atoms with E-state index in [9.17, 15) is 42.9 Å². The van der Waals surface area contributed by atoms with E-state index < -0.39 is 23.4 Å². The summed E-state index contributed by atoms with van der Waals surface area (Å²) in [4.78, 5) is 91.7. The fourth-order valence-corrected chi connectivity index (χ4v) is 12.6. The van der Waals surface area contributed by atoms with Crippen molar-refractivity contribution < 1.29 is 48.0 Å². The van der Waals surface area contributed by atoms with Crippen LogP contribution in [0.25, 0.3) is 31.0 Å². The van der Waals surface area contributed by atoms with Gasteiger partial charge in [-0.2, -0.15) is 15.0 Å². The van der Waals surface area contributed by atoms with Gasteiger partial charge in [-0.25, -0.2) is 47.9 Å². The Labute approximate surface area is 515 Å². The average molecular weight is 1270 g/mol. The van der Waals surface area contributed by atoms with Crippen LogP contribution in [0.15, 0.2) is 55.4 Å². The smallest absolute Gasteiger partial charge is 0.356 e. The molecule has 0 radical (unpaired) electrons. The monoisotopic (exact) mass is 1270 g/mol. The second-order valence-electron chi connectivity index (χ2n) is 21.6. The number of halogens is 3. The van der Waals surface area contributed by atoms with Gasteiger partial charge in [0.2, 0.25) is 17.8 Å². The van der Waals surface area contributed by atoms with E-state index in [1.54, 1.807) is 36.0 Å². The number of nitrogens with zero attached hydrogens (tertiary/aromatic N) is 14. The van der Waals surface area contributed by atoms with E-state index in [0.717, 1.165) is 41.4 Å². The SMILES string of the molecule is Cc1nc2nc(N[C@@H](C)c3cncc(F)c3)nc(C(=O)N3CC[C@H](CO)C3)c2s1.Cc1nc2nc(N[C@@H](C)c3cncc(F)c3)nc(C(=O)N3CC[C@H](CO)C3)c2s1.Cc1nc2nc(N[C@@H](C)c3cncc(F)c3)nc(C(=O)O)c2s1.OCC1CCCC1.